The molecule has 0 bridgehead atoms. The van der Waals surface area contributed by atoms with Gasteiger partial charge in [0.2, 0.25) is 5.95 Å². The Kier molecular flexibility index (Phi) is 7.04. The summed E-state index contributed by atoms with van der Waals surface area (Å²) in [5.41, 5.74) is 4.37. The number of carbonyl (C=O) groups is 1. The molecule has 10 nitrogen and oxygen atoms in total. The number of aromatic nitrogens is 2. The fourth-order valence-electron chi connectivity index (χ4n) is 3.68. The third kappa shape index (κ3) is 5.16. The largest absolute Gasteiger partial charge is 0.494 e. The summed E-state index contributed by atoms with van der Waals surface area (Å²) in [4.78, 5) is 24.9. The van der Waals surface area contributed by atoms with Crippen molar-refractivity contribution in [1.82, 2.24) is 20.3 Å². The molecule has 3 aromatic rings. The van der Waals surface area contributed by atoms with Gasteiger partial charge in [0, 0.05) is 37.9 Å². The van der Waals surface area contributed by atoms with E-state index in [0.29, 0.717) is 17.1 Å². The molecule has 4 rings (SSSR count). The first-order chi connectivity index (χ1) is 16.5. The Morgan fingerprint density at radius 3 is 2.59 bits per heavy atom. The molecule has 1 fully saturated rings. The minimum absolute atomic E-state index is 0.0946. The van der Waals surface area contributed by atoms with Crippen LogP contribution in [0.25, 0.3) is 0 Å². The van der Waals surface area contributed by atoms with Crippen LogP contribution < -0.4 is 31.5 Å². The third-order valence-electron chi connectivity index (χ3n) is 5.60. The van der Waals surface area contributed by atoms with Gasteiger partial charge in [0.25, 0.3) is 5.91 Å². The lowest BCUT2D eigenvalue weighted by molar-refractivity contribution is 0.0954. The molecular formula is C23H27FN8O2. The molecule has 0 spiro atoms. The summed E-state index contributed by atoms with van der Waals surface area (Å²) in [6.45, 7) is 3.87. The topological polar surface area (TPSA) is 121 Å². The number of carbonyl (C=O) groups excluding carboxylic acids is 1. The highest BCUT2D eigenvalue weighted by Crippen LogP contribution is 2.32. The Morgan fingerprint density at radius 1 is 1.09 bits per heavy atom. The summed E-state index contributed by atoms with van der Waals surface area (Å²) in [6, 6.07) is 12.4. The first-order valence-corrected chi connectivity index (χ1v) is 10.8. The lowest BCUT2D eigenvalue weighted by Crippen LogP contribution is -2.44. The molecule has 0 aliphatic carbocycles. The number of nitrogens with two attached hydrogens (primary N) is 1. The highest BCUT2D eigenvalue weighted by atomic mass is 19.1. The van der Waals surface area contributed by atoms with E-state index in [-0.39, 0.29) is 17.3 Å². The SMILES string of the molecule is COc1cc(N2CCN(C)CC2)ccc1Nc1ncc(F)c(Nc2ccccc2C(=O)NN)n1. The number of rotatable bonds is 7. The Morgan fingerprint density at radius 2 is 1.85 bits per heavy atom. The lowest BCUT2D eigenvalue weighted by Gasteiger charge is -2.34. The molecule has 1 amide bonds. The van der Waals surface area contributed by atoms with Crippen molar-refractivity contribution >= 4 is 34.7 Å². The van der Waals surface area contributed by atoms with E-state index < -0.39 is 11.7 Å². The second-order valence-electron chi connectivity index (χ2n) is 7.83. The summed E-state index contributed by atoms with van der Waals surface area (Å²) in [7, 11) is 3.70. The molecule has 1 saturated heterocycles. The maximum Gasteiger partial charge on any atom is 0.267 e. The first kappa shape index (κ1) is 23.2. The average Bonchev–Trinajstić information content (AvgIpc) is 2.86. The number of piperazine rings is 1. The molecule has 2 heterocycles. The fraction of sp³-hybridized carbons (Fsp3) is 0.261. The molecule has 1 aliphatic heterocycles. The zero-order chi connectivity index (χ0) is 24.1. The summed E-state index contributed by atoms with van der Waals surface area (Å²) in [5, 5.41) is 5.92. The van der Waals surface area contributed by atoms with Gasteiger partial charge in [-0.05, 0) is 31.3 Å². The van der Waals surface area contributed by atoms with Crippen molar-refractivity contribution in [3.63, 3.8) is 0 Å². The van der Waals surface area contributed by atoms with Gasteiger partial charge in [-0.15, -0.1) is 0 Å². The molecule has 0 saturated carbocycles. The monoisotopic (exact) mass is 466 g/mol. The molecule has 1 aromatic heterocycles. The van der Waals surface area contributed by atoms with Crippen LogP contribution in [0.1, 0.15) is 10.4 Å². The second-order valence-corrected chi connectivity index (χ2v) is 7.83. The van der Waals surface area contributed by atoms with Gasteiger partial charge in [-0.3, -0.25) is 10.2 Å². The number of nitrogens with zero attached hydrogens (tertiary/aromatic N) is 4. The molecule has 0 atom stereocenters. The standard InChI is InChI=1S/C23H27FN8O2/c1-31-9-11-32(12-10-31)15-7-8-19(20(13-15)34-2)28-23-26-14-17(24)21(29-23)27-18-6-4-3-5-16(18)22(33)30-25/h3-8,13-14H,9-12,25H2,1-2H3,(H,30,33)(H2,26,27,28,29). The van der Waals surface area contributed by atoms with Crippen LogP contribution in [-0.4, -0.2) is 61.1 Å². The van der Waals surface area contributed by atoms with E-state index in [1.807, 2.05) is 18.2 Å². The number of ether oxygens (including phenoxy) is 1. The third-order valence-corrected chi connectivity index (χ3v) is 5.60. The fourth-order valence-corrected chi connectivity index (χ4v) is 3.68. The van der Waals surface area contributed by atoms with Crippen molar-refractivity contribution in [3.8, 4) is 5.75 Å². The van der Waals surface area contributed by atoms with Gasteiger partial charge >= 0.3 is 0 Å². The molecule has 34 heavy (non-hydrogen) atoms. The van der Waals surface area contributed by atoms with Crippen LogP contribution in [0.4, 0.5) is 33.2 Å². The van der Waals surface area contributed by atoms with Crippen molar-refractivity contribution in [3.05, 3.63) is 60.0 Å². The number of methoxy groups -OCH3 is 1. The predicted molar refractivity (Wildman–Crippen MR) is 129 cm³/mol. The number of benzene rings is 2. The smallest absolute Gasteiger partial charge is 0.267 e. The van der Waals surface area contributed by atoms with E-state index in [4.69, 9.17) is 10.6 Å². The van der Waals surface area contributed by atoms with Gasteiger partial charge in [-0.25, -0.2) is 15.2 Å². The number of anilines is 5. The highest BCUT2D eigenvalue weighted by Gasteiger charge is 2.17. The van der Waals surface area contributed by atoms with Crippen LogP contribution >= 0.6 is 0 Å². The van der Waals surface area contributed by atoms with Crippen LogP contribution in [0.15, 0.2) is 48.7 Å². The number of likely N-dealkylation sites (N-methyl/N-ethyl adjacent to an activating group) is 1. The number of hydrogen-bond donors (Lipinski definition) is 4. The normalized spacial score (nSPS) is 13.9. The van der Waals surface area contributed by atoms with Crippen LogP contribution in [0, 0.1) is 5.82 Å². The maximum absolute atomic E-state index is 14.5. The lowest BCUT2D eigenvalue weighted by atomic mass is 10.1. The molecule has 178 valence electrons. The number of para-hydroxylation sites is 1. The van der Waals surface area contributed by atoms with Gasteiger partial charge in [-0.2, -0.15) is 4.98 Å². The summed E-state index contributed by atoms with van der Waals surface area (Å²) in [5.74, 6) is 4.74. The van der Waals surface area contributed by atoms with Crippen molar-refractivity contribution in [2.45, 2.75) is 0 Å². The maximum atomic E-state index is 14.5. The Bertz CT molecular complexity index is 1170. The molecule has 11 heteroatoms. The van der Waals surface area contributed by atoms with Crippen molar-refractivity contribution in [1.29, 1.82) is 0 Å². The van der Waals surface area contributed by atoms with Gasteiger partial charge in [0.15, 0.2) is 11.6 Å². The quantitative estimate of drug-likeness (QED) is 0.236. The van der Waals surface area contributed by atoms with Crippen LogP contribution in [-0.2, 0) is 0 Å². The number of halogens is 1. The molecule has 1 aliphatic rings. The Hall–Kier alpha value is -3.96. The number of hydrogen-bond acceptors (Lipinski definition) is 9. The number of nitrogen functional groups attached to an aromatic ring is 1. The van der Waals surface area contributed by atoms with Crippen LogP contribution in [0.5, 0.6) is 5.75 Å². The molecule has 0 radical (unpaired) electrons. The van der Waals surface area contributed by atoms with Gasteiger partial charge < -0.3 is 25.2 Å². The van der Waals surface area contributed by atoms with Crippen molar-refractivity contribution < 1.29 is 13.9 Å². The minimum Gasteiger partial charge on any atom is -0.494 e. The van der Waals surface area contributed by atoms with E-state index in [9.17, 15) is 9.18 Å². The molecule has 0 unspecified atom stereocenters. The molecule has 5 N–H and O–H groups in total. The highest BCUT2D eigenvalue weighted by molar-refractivity contribution is 5.99. The predicted octanol–water partition coefficient (Wildman–Crippen LogP) is 2.47. The van der Waals surface area contributed by atoms with E-state index in [1.54, 1.807) is 31.4 Å². The zero-order valence-electron chi connectivity index (χ0n) is 19.0. The average molecular weight is 467 g/mol. The summed E-state index contributed by atoms with van der Waals surface area (Å²) in [6.07, 6.45) is 1.05. The van der Waals surface area contributed by atoms with E-state index >= 15 is 0 Å². The number of hydrazine groups is 1. The first-order valence-electron chi connectivity index (χ1n) is 10.8. The molecular weight excluding hydrogens is 439 g/mol. The Labute approximate surface area is 196 Å². The van der Waals surface area contributed by atoms with E-state index in [2.05, 4.69) is 42.9 Å². The second kappa shape index (κ2) is 10.3. The van der Waals surface area contributed by atoms with Gasteiger partial charge in [0.1, 0.15) is 5.75 Å². The van der Waals surface area contributed by atoms with Crippen LogP contribution in [0.2, 0.25) is 0 Å². The van der Waals surface area contributed by atoms with Crippen LogP contribution in [0.3, 0.4) is 0 Å². The number of nitrogens with one attached hydrogen (secondary N) is 3. The summed E-state index contributed by atoms with van der Waals surface area (Å²) < 4.78 is 20.0. The van der Waals surface area contributed by atoms with E-state index in [1.165, 1.54) is 0 Å². The zero-order valence-corrected chi connectivity index (χ0v) is 19.0. The minimum atomic E-state index is -0.675. The number of amides is 1. The Balaban J connectivity index is 1.55. The van der Waals surface area contributed by atoms with Crippen molar-refractivity contribution in [2.75, 3.05) is 55.9 Å². The van der Waals surface area contributed by atoms with Crippen molar-refractivity contribution in [2.24, 2.45) is 5.84 Å². The van der Waals surface area contributed by atoms with Gasteiger partial charge in [-0.1, -0.05) is 12.1 Å². The molecule has 2 aromatic carbocycles. The summed E-state index contributed by atoms with van der Waals surface area (Å²) >= 11 is 0. The van der Waals surface area contributed by atoms with Gasteiger partial charge in [0.05, 0.1) is 30.2 Å². The van der Waals surface area contributed by atoms with E-state index in [0.717, 1.165) is 38.1 Å².